The van der Waals surface area contributed by atoms with Gasteiger partial charge in [0, 0.05) is 35.4 Å². The molecular weight excluding hydrogens is 650 g/mol. The van der Waals surface area contributed by atoms with E-state index in [0.29, 0.717) is 59.1 Å². The van der Waals surface area contributed by atoms with Crippen LogP contribution in [-0.2, 0) is 14.8 Å². The van der Waals surface area contributed by atoms with Gasteiger partial charge in [-0.05, 0) is 90.6 Å². The highest BCUT2D eigenvalue weighted by Gasteiger charge is 2.30. The van der Waals surface area contributed by atoms with Crippen LogP contribution in [0.3, 0.4) is 0 Å². The van der Waals surface area contributed by atoms with E-state index in [2.05, 4.69) is 36.4 Å². The first kappa shape index (κ1) is 33.4. The number of benzene rings is 2. The fraction of sp³-hybridized carbons (Fsp3) is 0.300. The van der Waals surface area contributed by atoms with Crippen LogP contribution in [0.15, 0.2) is 65.7 Å². The number of piperidine rings is 1. The molecule has 1 fully saturated rings. The lowest BCUT2D eigenvalue weighted by molar-refractivity contribution is -0.117. The van der Waals surface area contributed by atoms with Gasteiger partial charge in [-0.15, -0.1) is 5.10 Å². The van der Waals surface area contributed by atoms with Crippen LogP contribution >= 0.6 is 11.6 Å². The molecule has 0 spiro atoms. The first-order chi connectivity index (χ1) is 22.5. The average molecular weight is 682 g/mol. The van der Waals surface area contributed by atoms with Gasteiger partial charge in [-0.1, -0.05) is 23.7 Å². The highest BCUT2D eigenvalue weighted by atomic mass is 35.5. The molecule has 0 radical (unpaired) electrons. The number of aromatic amines is 1. The molecule has 1 unspecified atom stereocenters. The number of aromatic nitrogens is 6. The van der Waals surface area contributed by atoms with Crippen LogP contribution < -0.4 is 16.2 Å². The number of anilines is 1. The van der Waals surface area contributed by atoms with E-state index >= 15 is 0 Å². The summed E-state index contributed by atoms with van der Waals surface area (Å²) >= 11 is 6.22. The van der Waals surface area contributed by atoms with Crippen LogP contribution in [0.2, 0.25) is 5.02 Å². The third kappa shape index (κ3) is 8.46. The van der Waals surface area contributed by atoms with Gasteiger partial charge in [0.1, 0.15) is 6.33 Å². The van der Waals surface area contributed by atoms with Crippen LogP contribution in [0, 0.1) is 5.92 Å². The largest absolute Gasteiger partial charge is 0.465 e. The Bertz CT molecular complexity index is 1930. The van der Waals surface area contributed by atoms with Crippen molar-refractivity contribution in [3.63, 3.8) is 0 Å². The van der Waals surface area contributed by atoms with Gasteiger partial charge in [0.25, 0.3) is 5.56 Å². The standard InChI is InChI=1S/C30H32ClN9O6S/c1-2-47(45,46)39-13-3-4-19(17-39)14-25(26-16-24(29(42)36-35-26)20-5-9-23(10-6-20)33-30(43)44)34-28(41)12-7-21-15-22(31)8-11-27(21)40-18-32-37-38-40/h5-12,15-16,18-19,25,33H,2-4,13-14,17H2,1H3,(H,34,41)(H,36,42)(H,43,44)/t19-,25?/m0/s1. The molecule has 3 heterocycles. The van der Waals surface area contributed by atoms with E-state index in [1.54, 1.807) is 49.4 Å². The van der Waals surface area contributed by atoms with Crippen LogP contribution in [0.5, 0.6) is 0 Å². The molecule has 2 amide bonds. The first-order valence-corrected chi connectivity index (χ1v) is 16.7. The van der Waals surface area contributed by atoms with Crippen molar-refractivity contribution in [3.05, 3.63) is 87.6 Å². The molecule has 0 saturated carbocycles. The van der Waals surface area contributed by atoms with Gasteiger partial charge in [-0.2, -0.15) is 9.78 Å². The summed E-state index contributed by atoms with van der Waals surface area (Å²) in [5.41, 5.74) is 2.15. The molecule has 0 aliphatic carbocycles. The minimum atomic E-state index is -3.40. The number of nitrogens with zero attached hydrogens (tertiary/aromatic N) is 6. The molecule has 2 aromatic carbocycles. The second-order valence-electron chi connectivity index (χ2n) is 10.9. The predicted octanol–water partition coefficient (Wildman–Crippen LogP) is 3.48. The summed E-state index contributed by atoms with van der Waals surface area (Å²) in [5.74, 6) is -0.575. The van der Waals surface area contributed by atoms with Crippen LogP contribution in [0.25, 0.3) is 22.9 Å². The maximum atomic E-state index is 13.4. The Hall–Kier alpha value is -4.93. The van der Waals surface area contributed by atoms with Gasteiger partial charge < -0.3 is 10.4 Å². The lowest BCUT2D eigenvalue weighted by atomic mass is 9.90. The summed E-state index contributed by atoms with van der Waals surface area (Å²) in [5, 5.41) is 32.7. The SMILES string of the molecule is CCS(=O)(=O)N1CCC[C@@H](CC(NC(=O)C=Cc2cc(Cl)ccc2-n2cnnn2)c2cc(-c3ccc(NC(=O)O)cc3)c(=O)[nH]n2)C1. The number of sulfonamides is 1. The molecule has 2 atom stereocenters. The number of nitrogens with one attached hydrogen (secondary N) is 3. The van der Waals surface area contributed by atoms with Crippen LogP contribution in [0.1, 0.15) is 43.5 Å². The van der Waals surface area contributed by atoms with E-state index in [4.69, 9.17) is 16.7 Å². The zero-order valence-corrected chi connectivity index (χ0v) is 26.8. The summed E-state index contributed by atoms with van der Waals surface area (Å²) in [6.45, 7) is 2.34. The van der Waals surface area contributed by atoms with E-state index in [9.17, 15) is 22.8 Å². The van der Waals surface area contributed by atoms with Gasteiger partial charge in [0.05, 0.1) is 28.7 Å². The summed E-state index contributed by atoms with van der Waals surface area (Å²) < 4.78 is 28.2. The Morgan fingerprint density at radius 3 is 2.68 bits per heavy atom. The number of carbonyl (C=O) groups excluding carboxylic acids is 1. The minimum Gasteiger partial charge on any atom is -0.465 e. The van der Waals surface area contributed by atoms with E-state index in [-0.39, 0.29) is 17.2 Å². The first-order valence-electron chi connectivity index (χ1n) is 14.7. The zero-order valence-electron chi connectivity index (χ0n) is 25.2. The van der Waals surface area contributed by atoms with E-state index in [1.165, 1.54) is 33.5 Å². The molecule has 15 nitrogen and oxygen atoms in total. The summed E-state index contributed by atoms with van der Waals surface area (Å²) in [7, 11) is -3.40. The topological polar surface area (TPSA) is 205 Å². The second kappa shape index (κ2) is 14.7. The Balaban J connectivity index is 1.44. The number of rotatable bonds is 11. The fourth-order valence-electron chi connectivity index (χ4n) is 5.44. The summed E-state index contributed by atoms with van der Waals surface area (Å²) in [6.07, 6.45) is 4.86. The van der Waals surface area contributed by atoms with Crippen molar-refractivity contribution in [2.24, 2.45) is 5.92 Å². The smallest absolute Gasteiger partial charge is 0.409 e. The highest BCUT2D eigenvalue weighted by Crippen LogP contribution is 2.30. The van der Waals surface area contributed by atoms with Gasteiger partial charge >= 0.3 is 6.09 Å². The molecule has 1 aliphatic rings. The molecular formula is C30H32ClN9O6S. The quantitative estimate of drug-likeness (QED) is 0.170. The van der Waals surface area contributed by atoms with E-state index in [1.807, 2.05) is 0 Å². The molecule has 2 aromatic heterocycles. The maximum Gasteiger partial charge on any atom is 0.409 e. The monoisotopic (exact) mass is 681 g/mol. The van der Waals surface area contributed by atoms with Gasteiger partial charge in [-0.25, -0.2) is 22.6 Å². The van der Waals surface area contributed by atoms with Crippen LogP contribution in [-0.4, -0.2) is 79.1 Å². The lowest BCUT2D eigenvalue weighted by Gasteiger charge is -2.33. The molecule has 5 rings (SSSR count). The van der Waals surface area contributed by atoms with Crippen molar-refractivity contribution < 1.29 is 23.1 Å². The molecule has 1 saturated heterocycles. The number of carboxylic acid groups (broad SMARTS) is 1. The molecule has 1 aliphatic heterocycles. The Labute approximate surface area is 274 Å². The number of tetrazole rings is 1. The van der Waals surface area contributed by atoms with Gasteiger partial charge in [-0.3, -0.25) is 14.9 Å². The average Bonchev–Trinajstić information content (AvgIpc) is 3.59. The molecule has 0 bridgehead atoms. The van der Waals surface area contributed by atoms with Crippen molar-refractivity contribution >= 4 is 45.4 Å². The number of H-pyrrole nitrogens is 1. The molecule has 4 aromatic rings. The van der Waals surface area contributed by atoms with Crippen molar-refractivity contribution in [3.8, 4) is 16.8 Å². The van der Waals surface area contributed by atoms with E-state index < -0.39 is 33.6 Å². The Morgan fingerprint density at radius 1 is 1.19 bits per heavy atom. The fourth-order valence-corrected chi connectivity index (χ4v) is 6.83. The predicted molar refractivity (Wildman–Crippen MR) is 174 cm³/mol. The van der Waals surface area contributed by atoms with Crippen LogP contribution in [0.4, 0.5) is 10.5 Å². The maximum absolute atomic E-state index is 13.4. The summed E-state index contributed by atoms with van der Waals surface area (Å²) in [4.78, 5) is 37.2. The Kier molecular flexibility index (Phi) is 10.4. The minimum absolute atomic E-state index is 0.00750. The van der Waals surface area contributed by atoms with Gasteiger partial charge in [0.2, 0.25) is 15.9 Å². The lowest BCUT2D eigenvalue weighted by Crippen LogP contribution is -2.42. The number of halogens is 1. The molecule has 47 heavy (non-hydrogen) atoms. The van der Waals surface area contributed by atoms with Crippen molar-refractivity contribution in [1.82, 2.24) is 40.0 Å². The third-order valence-corrected chi connectivity index (χ3v) is 9.84. The molecule has 17 heteroatoms. The van der Waals surface area contributed by atoms with Crippen molar-refractivity contribution in [1.29, 1.82) is 0 Å². The number of carbonyl (C=O) groups is 2. The Morgan fingerprint density at radius 2 is 1.98 bits per heavy atom. The molecule has 4 N–H and O–H groups in total. The summed E-state index contributed by atoms with van der Waals surface area (Å²) in [6, 6.07) is 12.2. The van der Waals surface area contributed by atoms with Crippen molar-refractivity contribution in [2.45, 2.75) is 32.2 Å². The molecule has 246 valence electrons. The highest BCUT2D eigenvalue weighted by molar-refractivity contribution is 7.89. The number of amides is 2. The second-order valence-corrected chi connectivity index (χ2v) is 13.6. The third-order valence-electron chi connectivity index (χ3n) is 7.75. The van der Waals surface area contributed by atoms with Crippen molar-refractivity contribution in [2.75, 3.05) is 24.2 Å². The normalized spacial score (nSPS) is 16.2. The number of hydrogen-bond donors (Lipinski definition) is 4. The van der Waals surface area contributed by atoms with E-state index in [0.717, 1.165) is 6.42 Å². The van der Waals surface area contributed by atoms with Gasteiger partial charge in [0.15, 0.2) is 0 Å². The number of hydrogen-bond acceptors (Lipinski definition) is 9. The zero-order chi connectivity index (χ0) is 33.6.